The lowest BCUT2D eigenvalue weighted by Crippen LogP contribution is -2.26. The number of halogens is 1. The van der Waals surface area contributed by atoms with Crippen LogP contribution in [0.3, 0.4) is 0 Å². The van der Waals surface area contributed by atoms with Gasteiger partial charge in [0.25, 0.3) is 5.91 Å². The van der Waals surface area contributed by atoms with Crippen LogP contribution in [0.25, 0.3) is 0 Å². The Hall–Kier alpha value is -1.92. The Balaban J connectivity index is 2.03. The number of aliphatic hydroxyl groups is 1. The van der Waals surface area contributed by atoms with E-state index in [-0.39, 0.29) is 19.1 Å². The quantitative estimate of drug-likeness (QED) is 0.879. The Morgan fingerprint density at radius 2 is 2.20 bits per heavy atom. The highest BCUT2D eigenvalue weighted by molar-refractivity contribution is 9.10. The molecule has 1 aromatic carbocycles. The van der Waals surface area contributed by atoms with Gasteiger partial charge in [-0.2, -0.15) is 0 Å². The van der Waals surface area contributed by atoms with Crippen LogP contribution in [0, 0.1) is 0 Å². The maximum atomic E-state index is 11.6. The molecule has 0 radical (unpaired) electrons. The average Bonchev–Trinajstić information content (AvgIpc) is 2.45. The maximum absolute atomic E-state index is 11.6. The van der Waals surface area contributed by atoms with Gasteiger partial charge in [0.2, 0.25) is 5.88 Å². The molecular formula is C14H13BrN2O3. The molecule has 0 aliphatic rings. The Labute approximate surface area is 124 Å². The molecule has 1 heterocycles. The molecule has 0 aliphatic heterocycles. The zero-order valence-corrected chi connectivity index (χ0v) is 12.1. The molecule has 1 amide bonds. The molecule has 2 N–H and O–H groups in total. The lowest BCUT2D eigenvalue weighted by atomic mass is 10.2. The number of hydrogen-bond donors (Lipinski definition) is 2. The van der Waals surface area contributed by atoms with E-state index in [0.717, 1.165) is 4.47 Å². The highest BCUT2D eigenvalue weighted by Crippen LogP contribution is 2.22. The van der Waals surface area contributed by atoms with Gasteiger partial charge in [0, 0.05) is 23.3 Å². The average molecular weight is 337 g/mol. The van der Waals surface area contributed by atoms with E-state index in [1.54, 1.807) is 12.1 Å². The van der Waals surface area contributed by atoms with Crippen LogP contribution >= 0.6 is 15.9 Å². The maximum Gasteiger partial charge on any atom is 0.252 e. The third kappa shape index (κ3) is 4.04. The predicted octanol–water partition coefficient (Wildman–Crippen LogP) is 2.36. The lowest BCUT2D eigenvalue weighted by Gasteiger charge is -2.06. The molecule has 1 aromatic heterocycles. The number of carbonyl (C=O) groups excluding carboxylic acids is 1. The molecule has 0 saturated carbocycles. The van der Waals surface area contributed by atoms with Gasteiger partial charge in [-0.25, -0.2) is 4.98 Å². The van der Waals surface area contributed by atoms with Crippen molar-refractivity contribution in [3.05, 3.63) is 52.6 Å². The van der Waals surface area contributed by atoms with Crippen LogP contribution in [0.1, 0.15) is 10.4 Å². The van der Waals surface area contributed by atoms with Crippen molar-refractivity contribution in [3.63, 3.8) is 0 Å². The first-order chi connectivity index (χ1) is 9.69. The van der Waals surface area contributed by atoms with Gasteiger partial charge < -0.3 is 15.2 Å². The van der Waals surface area contributed by atoms with Gasteiger partial charge in [0.1, 0.15) is 5.75 Å². The number of hydrogen-bond acceptors (Lipinski definition) is 4. The van der Waals surface area contributed by atoms with Crippen LogP contribution in [-0.2, 0) is 0 Å². The molecule has 2 rings (SSSR count). The summed E-state index contributed by atoms with van der Waals surface area (Å²) in [6.07, 6.45) is 1.43. The van der Waals surface area contributed by atoms with Crippen molar-refractivity contribution in [1.82, 2.24) is 10.3 Å². The smallest absolute Gasteiger partial charge is 0.252 e. The van der Waals surface area contributed by atoms with E-state index in [0.29, 0.717) is 17.2 Å². The number of nitrogens with one attached hydrogen (secondary N) is 1. The van der Waals surface area contributed by atoms with Crippen molar-refractivity contribution < 1.29 is 14.6 Å². The first kappa shape index (κ1) is 14.5. The minimum absolute atomic E-state index is 0.0940. The summed E-state index contributed by atoms with van der Waals surface area (Å²) >= 11 is 3.36. The minimum atomic E-state index is -0.277. The molecule has 20 heavy (non-hydrogen) atoms. The fourth-order valence-electron chi connectivity index (χ4n) is 1.50. The van der Waals surface area contributed by atoms with Crippen LogP contribution in [0.5, 0.6) is 11.6 Å². The summed E-state index contributed by atoms with van der Waals surface area (Å²) in [5.41, 5.74) is 0.417. The van der Waals surface area contributed by atoms with Crippen molar-refractivity contribution in [2.75, 3.05) is 13.2 Å². The van der Waals surface area contributed by atoms with E-state index in [9.17, 15) is 4.79 Å². The van der Waals surface area contributed by atoms with Gasteiger partial charge >= 0.3 is 0 Å². The number of aliphatic hydroxyl groups excluding tert-OH is 1. The van der Waals surface area contributed by atoms with Crippen molar-refractivity contribution in [1.29, 1.82) is 0 Å². The largest absolute Gasteiger partial charge is 0.439 e. The van der Waals surface area contributed by atoms with Crippen molar-refractivity contribution in [2.45, 2.75) is 0 Å². The predicted molar refractivity (Wildman–Crippen MR) is 77.9 cm³/mol. The third-order valence-corrected chi connectivity index (χ3v) is 2.91. The molecule has 6 heteroatoms. The molecule has 0 spiro atoms. The minimum Gasteiger partial charge on any atom is -0.439 e. The second-order valence-corrected chi connectivity index (χ2v) is 4.84. The monoisotopic (exact) mass is 336 g/mol. The van der Waals surface area contributed by atoms with Gasteiger partial charge in [-0.3, -0.25) is 4.79 Å². The van der Waals surface area contributed by atoms with Crippen LogP contribution < -0.4 is 10.1 Å². The number of nitrogens with zero attached hydrogens (tertiary/aromatic N) is 1. The van der Waals surface area contributed by atoms with Crippen molar-refractivity contribution >= 4 is 21.8 Å². The number of aromatic nitrogens is 1. The van der Waals surface area contributed by atoms with E-state index >= 15 is 0 Å². The van der Waals surface area contributed by atoms with Crippen LogP contribution in [0.2, 0.25) is 0 Å². The molecule has 0 aliphatic carbocycles. The molecule has 0 unspecified atom stereocenters. The van der Waals surface area contributed by atoms with Crippen LogP contribution in [0.15, 0.2) is 47.1 Å². The number of benzene rings is 1. The number of amides is 1. The summed E-state index contributed by atoms with van der Waals surface area (Å²) < 4.78 is 6.47. The van der Waals surface area contributed by atoms with Gasteiger partial charge in [-0.15, -0.1) is 0 Å². The molecule has 104 valence electrons. The standard InChI is InChI=1S/C14H13BrN2O3/c15-11-2-1-3-12(8-11)20-13-5-4-10(9-17-13)14(19)16-6-7-18/h1-5,8-9,18H,6-7H2,(H,16,19). The second-order valence-electron chi connectivity index (χ2n) is 3.92. The van der Waals surface area contributed by atoms with E-state index in [2.05, 4.69) is 26.2 Å². The van der Waals surface area contributed by atoms with Crippen molar-refractivity contribution in [2.24, 2.45) is 0 Å². The fourth-order valence-corrected chi connectivity index (χ4v) is 1.88. The number of rotatable bonds is 5. The van der Waals surface area contributed by atoms with E-state index < -0.39 is 0 Å². The number of pyridine rings is 1. The Morgan fingerprint density at radius 1 is 1.35 bits per heavy atom. The van der Waals surface area contributed by atoms with E-state index in [1.807, 2.05) is 24.3 Å². The molecule has 0 fully saturated rings. The first-order valence-corrected chi connectivity index (χ1v) is 6.77. The van der Waals surface area contributed by atoms with Gasteiger partial charge in [-0.05, 0) is 24.3 Å². The summed E-state index contributed by atoms with van der Waals surface area (Å²) in [4.78, 5) is 15.7. The molecule has 2 aromatic rings. The highest BCUT2D eigenvalue weighted by atomic mass is 79.9. The van der Waals surface area contributed by atoms with Gasteiger partial charge in [-0.1, -0.05) is 22.0 Å². The first-order valence-electron chi connectivity index (χ1n) is 5.97. The van der Waals surface area contributed by atoms with Crippen molar-refractivity contribution in [3.8, 4) is 11.6 Å². The van der Waals surface area contributed by atoms with E-state index in [1.165, 1.54) is 6.20 Å². The molecule has 0 atom stereocenters. The van der Waals surface area contributed by atoms with Gasteiger partial charge in [0.15, 0.2) is 0 Å². The summed E-state index contributed by atoms with van der Waals surface area (Å²) in [5, 5.41) is 11.2. The second kappa shape index (κ2) is 7.02. The number of ether oxygens (including phenoxy) is 1. The summed E-state index contributed by atoms with van der Waals surface area (Å²) in [7, 11) is 0. The van der Waals surface area contributed by atoms with E-state index in [4.69, 9.17) is 9.84 Å². The summed E-state index contributed by atoms with van der Waals surface area (Å²) in [5.74, 6) is 0.784. The number of carbonyl (C=O) groups is 1. The normalized spacial score (nSPS) is 10.1. The molecule has 0 saturated heterocycles. The summed E-state index contributed by atoms with van der Waals surface area (Å²) in [6, 6.07) is 10.6. The Bertz CT molecular complexity index is 587. The third-order valence-electron chi connectivity index (χ3n) is 2.41. The highest BCUT2D eigenvalue weighted by Gasteiger charge is 2.06. The Kier molecular flexibility index (Phi) is 5.09. The van der Waals surface area contributed by atoms with Gasteiger partial charge in [0.05, 0.1) is 12.2 Å². The Morgan fingerprint density at radius 3 is 2.85 bits per heavy atom. The molecule has 5 nitrogen and oxygen atoms in total. The SMILES string of the molecule is O=C(NCCO)c1ccc(Oc2cccc(Br)c2)nc1. The van der Waals surface area contributed by atoms with Crippen LogP contribution in [0.4, 0.5) is 0 Å². The fraction of sp³-hybridized carbons (Fsp3) is 0.143. The van der Waals surface area contributed by atoms with Crippen LogP contribution in [-0.4, -0.2) is 29.1 Å². The summed E-state index contributed by atoms with van der Waals surface area (Å²) in [6.45, 7) is 0.123. The topological polar surface area (TPSA) is 71.5 Å². The lowest BCUT2D eigenvalue weighted by molar-refractivity contribution is 0.0944. The molecule has 0 bridgehead atoms. The zero-order chi connectivity index (χ0) is 14.4. The zero-order valence-electron chi connectivity index (χ0n) is 10.5. The molecular weight excluding hydrogens is 324 g/mol.